The van der Waals surface area contributed by atoms with Gasteiger partial charge in [0.2, 0.25) is 0 Å². The predicted molar refractivity (Wildman–Crippen MR) is 123 cm³/mol. The van der Waals surface area contributed by atoms with Crippen LogP contribution in [0.5, 0.6) is 0 Å². The van der Waals surface area contributed by atoms with Crippen molar-refractivity contribution in [1.29, 1.82) is 0 Å². The van der Waals surface area contributed by atoms with Gasteiger partial charge in [0.05, 0.1) is 10.6 Å². The molecule has 1 N–H and O–H groups in total. The summed E-state index contributed by atoms with van der Waals surface area (Å²) in [4.78, 5) is 33.1. The van der Waals surface area contributed by atoms with Gasteiger partial charge in [-0.05, 0) is 63.9 Å². The molecule has 0 bridgehead atoms. The summed E-state index contributed by atoms with van der Waals surface area (Å²) >= 11 is 5.98. The van der Waals surface area contributed by atoms with Crippen LogP contribution in [-0.4, -0.2) is 53.7 Å². The second-order valence-corrected chi connectivity index (χ2v) is 9.18. The first kappa shape index (κ1) is 23.8. The monoisotopic (exact) mass is 462 g/mol. The fourth-order valence-corrected chi connectivity index (χ4v) is 3.75. The molecule has 172 valence electrons. The van der Waals surface area contributed by atoms with Crippen LogP contribution in [0.2, 0.25) is 5.02 Å². The van der Waals surface area contributed by atoms with Gasteiger partial charge in [-0.1, -0.05) is 17.7 Å². The van der Waals surface area contributed by atoms with Gasteiger partial charge in [0.25, 0.3) is 5.91 Å². The van der Waals surface area contributed by atoms with Crippen molar-refractivity contribution in [3.63, 3.8) is 0 Å². The van der Waals surface area contributed by atoms with Gasteiger partial charge < -0.3 is 19.9 Å². The van der Waals surface area contributed by atoms with Crippen LogP contribution in [0.25, 0.3) is 0 Å². The fourth-order valence-electron chi connectivity index (χ4n) is 3.50. The molecule has 1 aliphatic rings. The van der Waals surface area contributed by atoms with Gasteiger partial charge in [0.1, 0.15) is 23.1 Å². The van der Waals surface area contributed by atoms with Crippen LogP contribution >= 0.6 is 11.6 Å². The molecule has 1 aliphatic heterocycles. The molecular formula is C23H28ClFN4O3. The molecule has 3 rings (SSSR count). The summed E-state index contributed by atoms with van der Waals surface area (Å²) in [6, 6.07) is 9.15. The van der Waals surface area contributed by atoms with E-state index in [0.29, 0.717) is 24.7 Å². The molecule has 2 aromatic rings. The zero-order chi connectivity index (χ0) is 23.5. The lowest BCUT2D eigenvalue weighted by Gasteiger charge is -2.37. The highest BCUT2D eigenvalue weighted by Crippen LogP contribution is 2.24. The van der Waals surface area contributed by atoms with Crippen LogP contribution < -0.4 is 10.2 Å². The summed E-state index contributed by atoms with van der Waals surface area (Å²) in [5, 5.41) is 2.74. The zero-order valence-electron chi connectivity index (χ0n) is 18.7. The fraction of sp³-hybridized carbons (Fsp3) is 0.435. The number of aromatic nitrogens is 1. The number of amides is 2. The Morgan fingerprint density at radius 1 is 1.22 bits per heavy atom. The lowest BCUT2D eigenvalue weighted by molar-refractivity contribution is 0.0205. The molecule has 0 aliphatic carbocycles. The maximum atomic E-state index is 13.2. The van der Waals surface area contributed by atoms with Crippen LogP contribution in [0.15, 0.2) is 36.4 Å². The van der Waals surface area contributed by atoms with Crippen LogP contribution in [0.1, 0.15) is 44.0 Å². The topological polar surface area (TPSA) is 74.8 Å². The molecule has 7 nitrogen and oxygen atoms in total. The van der Waals surface area contributed by atoms with Gasteiger partial charge in [-0.15, -0.1) is 0 Å². The van der Waals surface area contributed by atoms with Gasteiger partial charge >= 0.3 is 6.09 Å². The third kappa shape index (κ3) is 6.09. The SMILES string of the molecule is CN(c1cccc(NC(=O)c2ccc(F)cc2Cl)n1)C1CCN(C(=O)OC(C)(C)C)CC1. The molecule has 0 atom stereocenters. The van der Waals surface area contributed by atoms with Crippen molar-refractivity contribution in [2.75, 3.05) is 30.4 Å². The first-order valence-electron chi connectivity index (χ1n) is 10.5. The number of carbonyl (C=O) groups excluding carboxylic acids is 2. The molecule has 2 heterocycles. The number of hydrogen-bond acceptors (Lipinski definition) is 5. The molecule has 0 spiro atoms. The number of carbonyl (C=O) groups is 2. The van der Waals surface area contributed by atoms with Gasteiger partial charge in [-0.25, -0.2) is 14.2 Å². The highest BCUT2D eigenvalue weighted by molar-refractivity contribution is 6.34. The number of halogens is 2. The van der Waals surface area contributed by atoms with E-state index in [1.807, 2.05) is 38.8 Å². The summed E-state index contributed by atoms with van der Waals surface area (Å²) in [6.07, 6.45) is 1.26. The second-order valence-electron chi connectivity index (χ2n) is 8.77. The van der Waals surface area contributed by atoms with E-state index in [1.54, 1.807) is 17.0 Å². The zero-order valence-corrected chi connectivity index (χ0v) is 19.4. The van der Waals surface area contributed by atoms with Crippen LogP contribution in [0.4, 0.5) is 20.8 Å². The maximum absolute atomic E-state index is 13.2. The van der Waals surface area contributed by atoms with Gasteiger partial charge in [-0.2, -0.15) is 0 Å². The minimum atomic E-state index is -0.516. The molecule has 1 aromatic carbocycles. The Bertz CT molecular complexity index is 987. The number of anilines is 2. The number of pyridine rings is 1. The molecule has 0 radical (unpaired) electrons. The number of nitrogens with zero attached hydrogens (tertiary/aromatic N) is 3. The minimum absolute atomic E-state index is 0.0347. The van der Waals surface area contributed by atoms with Crippen LogP contribution in [-0.2, 0) is 4.74 Å². The average molecular weight is 463 g/mol. The summed E-state index contributed by atoms with van der Waals surface area (Å²) < 4.78 is 18.7. The first-order valence-corrected chi connectivity index (χ1v) is 10.9. The summed E-state index contributed by atoms with van der Waals surface area (Å²) in [5.74, 6) is 0.0913. The van der Waals surface area contributed by atoms with Crippen molar-refractivity contribution >= 4 is 35.2 Å². The van der Waals surface area contributed by atoms with Crippen molar-refractivity contribution in [3.8, 4) is 0 Å². The van der Waals surface area contributed by atoms with E-state index in [-0.39, 0.29) is 22.7 Å². The average Bonchev–Trinajstić information content (AvgIpc) is 2.72. The Morgan fingerprint density at radius 2 is 1.91 bits per heavy atom. The molecule has 1 saturated heterocycles. The van der Waals surface area contributed by atoms with Crippen molar-refractivity contribution in [2.24, 2.45) is 0 Å². The first-order chi connectivity index (χ1) is 15.0. The van der Waals surface area contributed by atoms with Crippen LogP contribution in [0, 0.1) is 5.82 Å². The Labute approximate surface area is 192 Å². The molecule has 9 heteroatoms. The normalized spacial score (nSPS) is 14.8. The van der Waals surface area contributed by atoms with E-state index in [2.05, 4.69) is 10.3 Å². The molecule has 0 saturated carbocycles. The molecule has 1 fully saturated rings. The third-order valence-electron chi connectivity index (χ3n) is 5.18. The number of hydrogen-bond donors (Lipinski definition) is 1. The Hall–Kier alpha value is -2.87. The van der Waals surface area contributed by atoms with E-state index < -0.39 is 17.3 Å². The van der Waals surface area contributed by atoms with Crippen LogP contribution in [0.3, 0.4) is 0 Å². The quantitative estimate of drug-likeness (QED) is 0.694. The van der Waals surface area contributed by atoms with Crippen molar-refractivity contribution in [3.05, 3.63) is 52.8 Å². The smallest absolute Gasteiger partial charge is 0.410 e. The number of ether oxygens (including phenoxy) is 1. The number of likely N-dealkylation sites (tertiary alicyclic amines) is 1. The Balaban J connectivity index is 1.61. The van der Waals surface area contributed by atoms with Crippen molar-refractivity contribution in [1.82, 2.24) is 9.88 Å². The largest absolute Gasteiger partial charge is 0.444 e. The second kappa shape index (κ2) is 9.73. The van der Waals surface area contributed by atoms with E-state index in [9.17, 15) is 14.0 Å². The van der Waals surface area contributed by atoms with E-state index >= 15 is 0 Å². The highest BCUT2D eigenvalue weighted by Gasteiger charge is 2.29. The van der Waals surface area contributed by atoms with Crippen molar-refractivity contribution < 1.29 is 18.7 Å². The lowest BCUT2D eigenvalue weighted by atomic mass is 10.0. The number of nitrogens with one attached hydrogen (secondary N) is 1. The van der Waals surface area contributed by atoms with E-state index in [1.165, 1.54) is 12.1 Å². The van der Waals surface area contributed by atoms with Gasteiger partial charge in [0, 0.05) is 26.2 Å². The number of rotatable bonds is 4. The standard InChI is InChI=1S/C23H28ClFN4O3/c1-23(2,3)32-22(31)29-12-10-16(11-13-29)28(4)20-7-5-6-19(26-20)27-21(30)17-9-8-15(25)14-18(17)24/h5-9,14,16H,10-13H2,1-4H3,(H,26,27,30). The molecule has 2 amide bonds. The van der Waals surface area contributed by atoms with E-state index in [4.69, 9.17) is 16.3 Å². The van der Waals surface area contributed by atoms with Crippen molar-refractivity contribution in [2.45, 2.75) is 45.3 Å². The summed E-state index contributed by atoms with van der Waals surface area (Å²) in [5.41, 5.74) is -0.347. The van der Waals surface area contributed by atoms with Gasteiger partial charge in [-0.3, -0.25) is 4.79 Å². The van der Waals surface area contributed by atoms with E-state index in [0.717, 1.165) is 18.9 Å². The Morgan fingerprint density at radius 3 is 2.53 bits per heavy atom. The summed E-state index contributed by atoms with van der Waals surface area (Å²) in [7, 11) is 1.94. The highest BCUT2D eigenvalue weighted by atomic mass is 35.5. The molecule has 32 heavy (non-hydrogen) atoms. The number of piperidine rings is 1. The van der Waals surface area contributed by atoms with Gasteiger partial charge in [0.15, 0.2) is 0 Å². The maximum Gasteiger partial charge on any atom is 0.410 e. The number of benzene rings is 1. The lowest BCUT2D eigenvalue weighted by Crippen LogP contribution is -2.47. The predicted octanol–water partition coefficient (Wildman–Crippen LogP) is 4.96. The molecular weight excluding hydrogens is 435 g/mol. The summed E-state index contributed by atoms with van der Waals surface area (Å²) in [6.45, 7) is 6.76. The minimum Gasteiger partial charge on any atom is -0.444 e. The molecule has 0 unspecified atom stereocenters. The third-order valence-corrected chi connectivity index (χ3v) is 5.49. The molecule has 1 aromatic heterocycles. The Kier molecular flexibility index (Phi) is 7.23.